The molecular weight excluding hydrogens is 358 g/mol. The first-order chi connectivity index (χ1) is 13.1. The molecule has 1 aliphatic rings. The first-order valence-corrected chi connectivity index (χ1v) is 9.55. The number of hydrogen-bond donors (Lipinski definition) is 1. The summed E-state index contributed by atoms with van der Waals surface area (Å²) in [7, 11) is 3.29. The van der Waals surface area contributed by atoms with Gasteiger partial charge in [-0.15, -0.1) is 0 Å². The van der Waals surface area contributed by atoms with Gasteiger partial charge >= 0.3 is 0 Å². The number of thiocarbonyl (C=S) groups is 1. The molecule has 1 heterocycles. The van der Waals surface area contributed by atoms with Crippen LogP contribution in [0.25, 0.3) is 0 Å². The minimum Gasteiger partial charge on any atom is -0.497 e. The molecule has 0 amide bonds. The molecule has 0 saturated carbocycles. The van der Waals surface area contributed by atoms with Crippen LogP contribution in [0.5, 0.6) is 11.5 Å². The molecule has 1 saturated heterocycles. The highest BCUT2D eigenvalue weighted by Gasteiger charge is 2.20. The third kappa shape index (κ3) is 5.11. The van der Waals surface area contributed by atoms with Crippen LogP contribution in [0.15, 0.2) is 42.5 Å². The lowest BCUT2D eigenvalue weighted by atomic mass is 10.1. The fraction of sp³-hybridized carbons (Fsp3) is 0.381. The number of nitrogens with one attached hydrogen (secondary N) is 1. The summed E-state index contributed by atoms with van der Waals surface area (Å²) >= 11 is 5.62. The molecule has 1 fully saturated rings. The van der Waals surface area contributed by atoms with Crippen molar-refractivity contribution in [2.75, 3.05) is 45.7 Å². The van der Waals surface area contributed by atoms with Crippen LogP contribution >= 0.6 is 12.2 Å². The maximum atomic E-state index is 5.62. The second-order valence-electron chi connectivity index (χ2n) is 6.75. The molecule has 0 bridgehead atoms. The summed E-state index contributed by atoms with van der Waals surface area (Å²) in [5.41, 5.74) is 3.51. The zero-order valence-corrected chi connectivity index (χ0v) is 17.0. The van der Waals surface area contributed by atoms with Crippen molar-refractivity contribution >= 4 is 23.0 Å². The lowest BCUT2D eigenvalue weighted by Crippen LogP contribution is -2.49. The Kier molecular flexibility index (Phi) is 6.53. The van der Waals surface area contributed by atoms with E-state index in [9.17, 15) is 0 Å². The van der Waals surface area contributed by atoms with Gasteiger partial charge < -0.3 is 19.7 Å². The maximum Gasteiger partial charge on any atom is 0.173 e. The average Bonchev–Trinajstić information content (AvgIpc) is 2.70. The van der Waals surface area contributed by atoms with E-state index in [1.54, 1.807) is 14.2 Å². The smallest absolute Gasteiger partial charge is 0.173 e. The summed E-state index contributed by atoms with van der Waals surface area (Å²) in [5, 5.41) is 4.04. The molecule has 5 nitrogen and oxygen atoms in total. The fourth-order valence-electron chi connectivity index (χ4n) is 3.16. The van der Waals surface area contributed by atoms with E-state index in [1.807, 2.05) is 18.2 Å². The molecule has 2 aromatic carbocycles. The van der Waals surface area contributed by atoms with Crippen LogP contribution in [0.2, 0.25) is 0 Å². The van der Waals surface area contributed by atoms with Crippen molar-refractivity contribution < 1.29 is 9.47 Å². The number of methoxy groups -OCH3 is 2. The van der Waals surface area contributed by atoms with E-state index in [2.05, 4.69) is 46.3 Å². The summed E-state index contributed by atoms with van der Waals surface area (Å²) in [6.07, 6.45) is 0. The molecule has 2 aromatic rings. The van der Waals surface area contributed by atoms with E-state index in [4.69, 9.17) is 21.7 Å². The predicted molar refractivity (Wildman–Crippen MR) is 114 cm³/mol. The van der Waals surface area contributed by atoms with Crippen LogP contribution in [0.1, 0.15) is 11.1 Å². The SMILES string of the molecule is COc1ccc(NC(=S)N2CCN(Cc3ccc(C)cc3)CC2)c(OC)c1. The quantitative estimate of drug-likeness (QED) is 0.794. The van der Waals surface area contributed by atoms with Gasteiger partial charge in [-0.1, -0.05) is 29.8 Å². The molecule has 0 aromatic heterocycles. The zero-order chi connectivity index (χ0) is 19.2. The van der Waals surface area contributed by atoms with Crippen LogP contribution in [0, 0.1) is 6.92 Å². The number of rotatable bonds is 5. The summed E-state index contributed by atoms with van der Waals surface area (Å²) in [4.78, 5) is 4.68. The minimum absolute atomic E-state index is 0.717. The third-order valence-corrected chi connectivity index (χ3v) is 5.20. The lowest BCUT2D eigenvalue weighted by molar-refractivity contribution is 0.177. The standard InChI is InChI=1S/C21H27N3O2S/c1-16-4-6-17(7-5-16)15-23-10-12-24(13-11-23)21(27)22-19-9-8-18(25-2)14-20(19)26-3/h4-9,14H,10-13,15H2,1-3H3,(H,22,27). The Labute approximate surface area is 166 Å². The molecule has 1 N–H and O–H groups in total. The second kappa shape index (κ2) is 9.06. The average molecular weight is 386 g/mol. The Bertz CT molecular complexity index is 771. The van der Waals surface area contributed by atoms with Crippen molar-refractivity contribution in [1.29, 1.82) is 0 Å². The number of ether oxygens (including phenoxy) is 2. The van der Waals surface area contributed by atoms with Crippen LogP contribution < -0.4 is 14.8 Å². The van der Waals surface area contributed by atoms with E-state index in [-0.39, 0.29) is 0 Å². The molecule has 144 valence electrons. The predicted octanol–water partition coefficient (Wildman–Crippen LogP) is 3.53. The first-order valence-electron chi connectivity index (χ1n) is 9.15. The molecule has 3 rings (SSSR count). The number of piperazine rings is 1. The summed E-state index contributed by atoms with van der Waals surface area (Å²) < 4.78 is 10.7. The van der Waals surface area contributed by atoms with E-state index >= 15 is 0 Å². The van der Waals surface area contributed by atoms with Gasteiger partial charge in [-0.05, 0) is 36.8 Å². The van der Waals surface area contributed by atoms with E-state index < -0.39 is 0 Å². The van der Waals surface area contributed by atoms with Gasteiger partial charge in [0.2, 0.25) is 0 Å². The Morgan fingerprint density at radius 1 is 1.00 bits per heavy atom. The Balaban J connectivity index is 1.53. The Morgan fingerprint density at radius 2 is 1.70 bits per heavy atom. The number of hydrogen-bond acceptors (Lipinski definition) is 4. The molecule has 1 aliphatic heterocycles. The molecule has 0 atom stereocenters. The molecular formula is C21H27N3O2S. The van der Waals surface area contributed by atoms with E-state index in [0.717, 1.165) is 55.0 Å². The monoisotopic (exact) mass is 385 g/mol. The van der Waals surface area contributed by atoms with Gasteiger partial charge in [-0.2, -0.15) is 0 Å². The highest BCUT2D eigenvalue weighted by molar-refractivity contribution is 7.80. The maximum absolute atomic E-state index is 5.62. The van der Waals surface area contributed by atoms with Gasteiger partial charge in [0.05, 0.1) is 19.9 Å². The molecule has 6 heteroatoms. The summed E-state index contributed by atoms with van der Waals surface area (Å²) in [6.45, 7) is 6.92. The third-order valence-electron chi connectivity index (χ3n) is 4.84. The highest BCUT2D eigenvalue weighted by atomic mass is 32.1. The summed E-state index contributed by atoms with van der Waals surface area (Å²) in [5.74, 6) is 1.47. The van der Waals surface area contributed by atoms with E-state index in [1.165, 1.54) is 11.1 Å². The highest BCUT2D eigenvalue weighted by Crippen LogP contribution is 2.29. The molecule has 0 unspecified atom stereocenters. The molecule has 27 heavy (non-hydrogen) atoms. The number of anilines is 1. The van der Waals surface area contributed by atoms with Crippen molar-refractivity contribution in [2.24, 2.45) is 0 Å². The van der Waals surface area contributed by atoms with Crippen LogP contribution in [-0.4, -0.2) is 55.3 Å². The lowest BCUT2D eigenvalue weighted by Gasteiger charge is -2.36. The topological polar surface area (TPSA) is 37.0 Å². The molecule has 0 aliphatic carbocycles. The summed E-state index contributed by atoms with van der Waals surface area (Å²) in [6, 6.07) is 14.4. The van der Waals surface area contributed by atoms with Crippen molar-refractivity contribution in [3.8, 4) is 11.5 Å². The van der Waals surface area contributed by atoms with Gasteiger partial charge in [0, 0.05) is 38.8 Å². The minimum atomic E-state index is 0.717. The number of benzene rings is 2. The van der Waals surface area contributed by atoms with Gasteiger partial charge in [0.25, 0.3) is 0 Å². The van der Waals surface area contributed by atoms with Gasteiger partial charge in [0.1, 0.15) is 11.5 Å². The van der Waals surface area contributed by atoms with Crippen molar-refractivity contribution in [1.82, 2.24) is 9.80 Å². The Morgan fingerprint density at radius 3 is 2.33 bits per heavy atom. The van der Waals surface area contributed by atoms with Crippen molar-refractivity contribution in [3.05, 3.63) is 53.6 Å². The number of nitrogens with zero attached hydrogens (tertiary/aromatic N) is 2. The second-order valence-corrected chi connectivity index (χ2v) is 7.13. The van der Waals surface area contributed by atoms with Gasteiger partial charge in [-0.25, -0.2) is 0 Å². The van der Waals surface area contributed by atoms with Crippen LogP contribution in [-0.2, 0) is 6.54 Å². The van der Waals surface area contributed by atoms with Gasteiger partial charge in [0.15, 0.2) is 5.11 Å². The zero-order valence-electron chi connectivity index (χ0n) is 16.2. The van der Waals surface area contributed by atoms with Crippen LogP contribution in [0.4, 0.5) is 5.69 Å². The number of aryl methyl sites for hydroxylation is 1. The van der Waals surface area contributed by atoms with Crippen LogP contribution in [0.3, 0.4) is 0 Å². The largest absolute Gasteiger partial charge is 0.497 e. The molecule has 0 spiro atoms. The normalized spacial score (nSPS) is 14.7. The van der Waals surface area contributed by atoms with Crippen molar-refractivity contribution in [2.45, 2.75) is 13.5 Å². The van der Waals surface area contributed by atoms with Crippen molar-refractivity contribution in [3.63, 3.8) is 0 Å². The first kappa shape index (κ1) is 19.5. The Hall–Kier alpha value is -2.31. The molecule has 0 radical (unpaired) electrons. The fourth-order valence-corrected chi connectivity index (χ4v) is 3.45. The van der Waals surface area contributed by atoms with Gasteiger partial charge in [-0.3, -0.25) is 4.90 Å². The van der Waals surface area contributed by atoms with E-state index in [0.29, 0.717) is 0 Å².